The number of hydrogen-bond acceptors (Lipinski definition) is 2. The van der Waals surface area contributed by atoms with Gasteiger partial charge in [0.2, 0.25) is 0 Å². The Hall–Kier alpha value is -1.99. The number of methoxy groups -OCH3 is 1. The Morgan fingerprint density at radius 3 is 1.47 bits per heavy atom. The Labute approximate surface area is 186 Å². The van der Waals surface area contributed by atoms with Gasteiger partial charge < -0.3 is 0 Å². The van der Waals surface area contributed by atoms with Gasteiger partial charge in [-0.2, -0.15) is 0 Å². The Morgan fingerprint density at radius 1 is 0.833 bits per heavy atom. The van der Waals surface area contributed by atoms with Crippen molar-refractivity contribution in [2.24, 2.45) is 5.41 Å². The molecule has 1 saturated carbocycles. The Kier molecular flexibility index (Phi) is 6.53. The van der Waals surface area contributed by atoms with Crippen LogP contribution in [0.25, 0.3) is 0 Å². The van der Waals surface area contributed by atoms with Crippen LogP contribution >= 0.6 is 19.0 Å². The van der Waals surface area contributed by atoms with Gasteiger partial charge in [0.1, 0.15) is 0 Å². The first kappa shape index (κ1) is 22.7. The summed E-state index contributed by atoms with van der Waals surface area (Å²) in [6.45, 7) is -1.02. The molecule has 3 aromatic rings. The minimum absolute atomic E-state index is 0. The standard InChI is InChI=1S/C26H29O2P.ClH/c1-26(18-19-26)25(20-27)29(21-28-2,22-12-6-3-7-13-22,23-14-8-4-9-15-23)24-16-10-5-11-17-24;/h3-17,20,25H,18-19,21H2,1-2H3;1H. The maximum atomic E-state index is 13.0. The van der Waals surface area contributed by atoms with Crippen LogP contribution in [-0.4, -0.2) is 25.4 Å². The molecule has 2 nitrogen and oxygen atoms in total. The molecule has 0 radical (unpaired) electrons. The van der Waals surface area contributed by atoms with Crippen LogP contribution in [-0.2, 0) is 9.53 Å². The first-order valence-corrected chi connectivity index (χ1v) is 12.7. The van der Waals surface area contributed by atoms with Gasteiger partial charge in [-0.15, -0.1) is 12.4 Å². The number of ether oxygens (including phenoxy) is 1. The molecular weight excluding hydrogens is 411 g/mol. The van der Waals surface area contributed by atoms with Gasteiger partial charge in [0.05, 0.1) is 0 Å². The summed E-state index contributed by atoms with van der Waals surface area (Å²) in [7, 11) is 1.77. The van der Waals surface area contributed by atoms with E-state index in [0.717, 1.165) is 12.8 Å². The Bertz CT molecular complexity index is 872. The molecule has 4 rings (SSSR count). The zero-order chi connectivity index (χ0) is 20.4. The number of aldehydes is 1. The number of hydrogen-bond donors (Lipinski definition) is 0. The van der Waals surface area contributed by atoms with E-state index in [9.17, 15) is 4.79 Å². The third-order valence-corrected chi connectivity index (χ3v) is 14.1. The molecule has 30 heavy (non-hydrogen) atoms. The fraction of sp³-hybridized carbons (Fsp3) is 0.269. The minimum atomic E-state index is -3.29. The van der Waals surface area contributed by atoms with E-state index in [1.807, 2.05) is 18.2 Å². The van der Waals surface area contributed by atoms with Crippen molar-refractivity contribution in [3.8, 4) is 0 Å². The van der Waals surface area contributed by atoms with E-state index in [1.54, 1.807) is 7.11 Å². The number of rotatable bonds is 8. The van der Waals surface area contributed by atoms with Crippen molar-refractivity contribution in [2.45, 2.75) is 25.4 Å². The molecule has 0 bridgehead atoms. The van der Waals surface area contributed by atoms with E-state index >= 15 is 0 Å². The molecule has 4 heteroatoms. The van der Waals surface area contributed by atoms with Crippen molar-refractivity contribution in [1.29, 1.82) is 0 Å². The van der Waals surface area contributed by atoms with Gasteiger partial charge in [-0.1, -0.05) is 0 Å². The molecule has 1 atom stereocenters. The fourth-order valence-corrected chi connectivity index (χ4v) is 12.8. The minimum Gasteiger partial charge on any atom is -0.147 e. The summed E-state index contributed by atoms with van der Waals surface area (Å²) in [6, 6.07) is 31.9. The van der Waals surface area contributed by atoms with Gasteiger partial charge in [0, 0.05) is 0 Å². The van der Waals surface area contributed by atoms with Crippen LogP contribution in [0.4, 0.5) is 0 Å². The zero-order valence-corrected chi connectivity index (χ0v) is 19.3. The van der Waals surface area contributed by atoms with Crippen LogP contribution in [0.5, 0.6) is 0 Å². The van der Waals surface area contributed by atoms with E-state index < -0.39 is 6.60 Å². The summed E-state index contributed by atoms with van der Waals surface area (Å²) < 4.78 is 6.08. The average molecular weight is 441 g/mol. The van der Waals surface area contributed by atoms with Crippen LogP contribution in [0.15, 0.2) is 91.0 Å². The second-order valence-corrected chi connectivity index (χ2v) is 13.7. The molecule has 0 spiro atoms. The van der Waals surface area contributed by atoms with Crippen molar-refractivity contribution < 1.29 is 9.53 Å². The topological polar surface area (TPSA) is 26.3 Å². The summed E-state index contributed by atoms with van der Waals surface area (Å²) in [5, 5.41) is 3.67. The van der Waals surface area contributed by atoms with E-state index in [1.165, 1.54) is 22.2 Å². The monoisotopic (exact) mass is 440 g/mol. The van der Waals surface area contributed by atoms with Crippen LogP contribution < -0.4 is 15.9 Å². The van der Waals surface area contributed by atoms with Gasteiger partial charge >= 0.3 is 174 Å². The van der Waals surface area contributed by atoms with Crippen LogP contribution in [0.3, 0.4) is 0 Å². The third kappa shape index (κ3) is 3.14. The van der Waals surface area contributed by atoms with E-state index in [0.29, 0.717) is 6.35 Å². The van der Waals surface area contributed by atoms with Crippen molar-refractivity contribution in [3.63, 3.8) is 0 Å². The summed E-state index contributed by atoms with van der Waals surface area (Å²) in [5.41, 5.74) is -0.153. The molecule has 0 aromatic heterocycles. The average Bonchev–Trinajstić information content (AvgIpc) is 3.53. The second kappa shape index (κ2) is 8.63. The fourth-order valence-electron chi connectivity index (χ4n) is 5.29. The molecule has 0 saturated heterocycles. The van der Waals surface area contributed by atoms with Crippen molar-refractivity contribution >= 4 is 41.2 Å². The predicted molar refractivity (Wildman–Crippen MR) is 131 cm³/mol. The molecule has 0 amide bonds. The summed E-state index contributed by atoms with van der Waals surface area (Å²) in [6.07, 6.45) is 3.91. The molecule has 0 N–H and O–H groups in total. The maximum Gasteiger partial charge on any atom is -0.147 e. The van der Waals surface area contributed by atoms with E-state index in [-0.39, 0.29) is 23.5 Å². The van der Waals surface area contributed by atoms with Gasteiger partial charge in [-0.25, -0.2) is 0 Å². The SMILES string of the molecule is COCP(c1ccccc1)(c1ccccc1)(c1ccccc1)C(C=O)C1(C)CC1.Cl. The van der Waals surface area contributed by atoms with Crippen LogP contribution in [0, 0.1) is 5.41 Å². The largest absolute Gasteiger partial charge is 0.147 e. The van der Waals surface area contributed by atoms with Crippen LogP contribution in [0.1, 0.15) is 19.8 Å². The number of halogens is 1. The molecule has 0 aliphatic heterocycles. The first-order valence-electron chi connectivity index (χ1n) is 10.2. The maximum absolute atomic E-state index is 13.0. The molecule has 3 aromatic carbocycles. The Morgan fingerprint density at radius 2 is 1.20 bits per heavy atom. The molecule has 158 valence electrons. The van der Waals surface area contributed by atoms with E-state index in [2.05, 4.69) is 79.7 Å². The van der Waals surface area contributed by atoms with Crippen molar-refractivity contribution in [3.05, 3.63) is 91.0 Å². The molecule has 1 aliphatic carbocycles. The molecular formula is C26H30ClO2P. The smallest absolute Gasteiger partial charge is 0.147 e. The van der Waals surface area contributed by atoms with Crippen LogP contribution in [0.2, 0.25) is 0 Å². The summed E-state index contributed by atoms with van der Waals surface area (Å²) in [4.78, 5) is 13.0. The molecule has 1 aliphatic rings. The number of carbonyl (C=O) groups excluding carboxylic acids is 1. The number of benzene rings is 3. The quantitative estimate of drug-likeness (QED) is 0.367. The third-order valence-electron chi connectivity index (χ3n) is 6.93. The van der Waals surface area contributed by atoms with Crippen molar-refractivity contribution in [1.82, 2.24) is 0 Å². The zero-order valence-electron chi connectivity index (χ0n) is 17.6. The van der Waals surface area contributed by atoms with Gasteiger partial charge in [0.25, 0.3) is 0 Å². The van der Waals surface area contributed by atoms with Gasteiger partial charge in [0.15, 0.2) is 0 Å². The van der Waals surface area contributed by atoms with Gasteiger partial charge in [-0.3, -0.25) is 0 Å². The normalized spacial score (nSPS) is 17.1. The predicted octanol–water partition coefficient (Wildman–Crippen LogP) is 4.91. The Balaban J connectivity index is 0.00000256. The summed E-state index contributed by atoms with van der Waals surface area (Å²) >= 11 is 0. The van der Waals surface area contributed by atoms with Crippen molar-refractivity contribution in [2.75, 3.05) is 13.5 Å². The molecule has 1 fully saturated rings. The molecule has 0 heterocycles. The van der Waals surface area contributed by atoms with Gasteiger partial charge in [-0.05, 0) is 0 Å². The second-order valence-electron chi connectivity index (χ2n) is 8.54. The molecule has 1 unspecified atom stereocenters. The number of carbonyl (C=O) groups is 1. The first-order chi connectivity index (χ1) is 14.1. The summed E-state index contributed by atoms with van der Waals surface area (Å²) in [5.74, 6) is 0. The van der Waals surface area contributed by atoms with E-state index in [4.69, 9.17) is 4.74 Å².